The Balaban J connectivity index is 2.94. The number of carbonyl (C=O) groups excluding carboxylic acids is 1. The Labute approximate surface area is 82.2 Å². The normalized spacial score (nSPS) is 10.8. The van der Waals surface area contributed by atoms with Crippen molar-refractivity contribution in [1.82, 2.24) is 0 Å². The van der Waals surface area contributed by atoms with E-state index in [4.69, 9.17) is 0 Å². The molecule has 0 atom stereocenters. The first-order valence-corrected chi connectivity index (χ1v) is 5.50. The van der Waals surface area contributed by atoms with Gasteiger partial charge in [-0.3, -0.25) is 0 Å². The van der Waals surface area contributed by atoms with Crippen LogP contribution in [0.2, 0.25) is 0 Å². The van der Waals surface area contributed by atoms with E-state index >= 15 is 0 Å². The lowest BCUT2D eigenvalue weighted by molar-refractivity contribution is -0.107. The second-order valence-electron chi connectivity index (χ2n) is 3.43. The van der Waals surface area contributed by atoms with E-state index in [2.05, 4.69) is 13.0 Å². The van der Waals surface area contributed by atoms with Gasteiger partial charge in [0.25, 0.3) is 0 Å². The van der Waals surface area contributed by atoms with Crippen molar-refractivity contribution < 1.29 is 4.79 Å². The molecule has 1 nitrogen and oxygen atoms in total. The smallest absolute Gasteiger partial charge is 0.123 e. The standard InChI is InChI=1S/C12H22O/c1-2-3-4-5-6-7-8-9-10-11-12-13/h9-10,12H,2-8,11H2,1H3/b10-9+. The molecule has 76 valence electrons. The van der Waals surface area contributed by atoms with Crippen molar-refractivity contribution >= 4 is 6.29 Å². The van der Waals surface area contributed by atoms with Crippen molar-refractivity contribution in [3.8, 4) is 0 Å². The first-order chi connectivity index (χ1) is 6.41. The molecule has 0 spiro atoms. The fourth-order valence-corrected chi connectivity index (χ4v) is 1.31. The fraction of sp³-hybridized carbons (Fsp3) is 0.750. The summed E-state index contributed by atoms with van der Waals surface area (Å²) >= 11 is 0. The summed E-state index contributed by atoms with van der Waals surface area (Å²) in [5.41, 5.74) is 0. The topological polar surface area (TPSA) is 17.1 Å². The lowest BCUT2D eigenvalue weighted by Crippen LogP contribution is -1.77. The van der Waals surface area contributed by atoms with E-state index in [1.165, 1.54) is 38.5 Å². The highest BCUT2D eigenvalue weighted by Gasteiger charge is 1.87. The number of carbonyl (C=O) groups is 1. The SMILES string of the molecule is CCCCCCCC/C=C/CC=O. The van der Waals surface area contributed by atoms with Gasteiger partial charge in [0.15, 0.2) is 0 Å². The van der Waals surface area contributed by atoms with Crippen LogP contribution in [-0.2, 0) is 4.79 Å². The molecule has 0 saturated carbocycles. The Hall–Kier alpha value is -0.590. The van der Waals surface area contributed by atoms with Crippen LogP contribution < -0.4 is 0 Å². The quantitative estimate of drug-likeness (QED) is 0.300. The van der Waals surface area contributed by atoms with Crippen molar-refractivity contribution in [3.05, 3.63) is 12.2 Å². The maximum Gasteiger partial charge on any atom is 0.123 e. The van der Waals surface area contributed by atoms with Gasteiger partial charge in [0, 0.05) is 6.42 Å². The largest absolute Gasteiger partial charge is 0.303 e. The van der Waals surface area contributed by atoms with Crippen LogP contribution in [0.1, 0.15) is 58.3 Å². The van der Waals surface area contributed by atoms with E-state index in [1.807, 2.05) is 6.08 Å². The highest BCUT2D eigenvalue weighted by molar-refractivity contribution is 5.51. The van der Waals surface area contributed by atoms with Crippen LogP contribution in [0.4, 0.5) is 0 Å². The maximum atomic E-state index is 9.96. The fourth-order valence-electron chi connectivity index (χ4n) is 1.31. The summed E-state index contributed by atoms with van der Waals surface area (Å²) in [6, 6.07) is 0. The molecule has 0 aromatic heterocycles. The first-order valence-electron chi connectivity index (χ1n) is 5.50. The van der Waals surface area contributed by atoms with Crippen LogP contribution in [0.25, 0.3) is 0 Å². The lowest BCUT2D eigenvalue weighted by Gasteiger charge is -1.97. The summed E-state index contributed by atoms with van der Waals surface area (Å²) in [7, 11) is 0. The molecule has 1 heteroatoms. The Morgan fingerprint density at radius 3 is 2.31 bits per heavy atom. The van der Waals surface area contributed by atoms with Gasteiger partial charge in [0.05, 0.1) is 0 Å². The van der Waals surface area contributed by atoms with Crippen LogP contribution in [0.15, 0.2) is 12.2 Å². The maximum absolute atomic E-state index is 9.96. The van der Waals surface area contributed by atoms with E-state index in [9.17, 15) is 4.79 Å². The molecule has 0 aliphatic carbocycles. The number of allylic oxidation sites excluding steroid dienone is 2. The zero-order valence-corrected chi connectivity index (χ0v) is 8.80. The first kappa shape index (κ1) is 12.4. The molecular formula is C12H22O. The van der Waals surface area contributed by atoms with Gasteiger partial charge in [-0.05, 0) is 12.8 Å². The molecular weight excluding hydrogens is 160 g/mol. The van der Waals surface area contributed by atoms with E-state index < -0.39 is 0 Å². The van der Waals surface area contributed by atoms with Crippen LogP contribution >= 0.6 is 0 Å². The van der Waals surface area contributed by atoms with Gasteiger partial charge in [-0.2, -0.15) is 0 Å². The van der Waals surface area contributed by atoms with Gasteiger partial charge in [-0.25, -0.2) is 0 Å². The minimum absolute atomic E-state index is 0.579. The summed E-state index contributed by atoms with van der Waals surface area (Å²) in [5, 5.41) is 0. The Morgan fingerprint density at radius 2 is 1.62 bits per heavy atom. The predicted molar refractivity (Wildman–Crippen MR) is 57.8 cm³/mol. The number of hydrogen-bond donors (Lipinski definition) is 0. The molecule has 0 aliphatic heterocycles. The zero-order chi connectivity index (χ0) is 9.78. The van der Waals surface area contributed by atoms with Gasteiger partial charge >= 0.3 is 0 Å². The van der Waals surface area contributed by atoms with Gasteiger partial charge in [-0.15, -0.1) is 0 Å². The molecule has 0 saturated heterocycles. The molecule has 0 radical (unpaired) electrons. The third-order valence-corrected chi connectivity index (χ3v) is 2.12. The molecule has 0 N–H and O–H groups in total. The van der Waals surface area contributed by atoms with Crippen molar-refractivity contribution in [3.63, 3.8) is 0 Å². The van der Waals surface area contributed by atoms with Crippen LogP contribution in [0.5, 0.6) is 0 Å². The molecule has 0 aromatic carbocycles. The Kier molecular flexibility index (Phi) is 10.9. The van der Waals surface area contributed by atoms with Gasteiger partial charge < -0.3 is 4.79 Å². The molecule has 0 aliphatic rings. The van der Waals surface area contributed by atoms with Crippen molar-refractivity contribution in [1.29, 1.82) is 0 Å². The van der Waals surface area contributed by atoms with E-state index in [-0.39, 0.29) is 0 Å². The lowest BCUT2D eigenvalue weighted by atomic mass is 10.1. The van der Waals surface area contributed by atoms with E-state index in [0.717, 1.165) is 12.7 Å². The third-order valence-electron chi connectivity index (χ3n) is 2.12. The molecule has 0 fully saturated rings. The van der Waals surface area contributed by atoms with Gasteiger partial charge in [-0.1, -0.05) is 51.2 Å². The van der Waals surface area contributed by atoms with E-state index in [1.54, 1.807) is 0 Å². The zero-order valence-electron chi connectivity index (χ0n) is 8.80. The second kappa shape index (κ2) is 11.4. The average Bonchev–Trinajstić information content (AvgIpc) is 2.16. The van der Waals surface area contributed by atoms with Crippen molar-refractivity contribution in [2.24, 2.45) is 0 Å². The summed E-state index contributed by atoms with van der Waals surface area (Å²) in [6.45, 7) is 2.24. The second-order valence-corrected chi connectivity index (χ2v) is 3.43. The number of hydrogen-bond acceptors (Lipinski definition) is 1. The number of rotatable bonds is 9. The summed E-state index contributed by atoms with van der Waals surface area (Å²) in [6.07, 6.45) is 14.8. The van der Waals surface area contributed by atoms with Crippen LogP contribution in [0.3, 0.4) is 0 Å². The molecule has 13 heavy (non-hydrogen) atoms. The van der Waals surface area contributed by atoms with E-state index in [0.29, 0.717) is 6.42 Å². The minimum Gasteiger partial charge on any atom is -0.303 e. The monoisotopic (exact) mass is 182 g/mol. The molecule has 0 heterocycles. The van der Waals surface area contributed by atoms with Gasteiger partial charge in [0.2, 0.25) is 0 Å². The van der Waals surface area contributed by atoms with Crippen LogP contribution in [0, 0.1) is 0 Å². The third kappa shape index (κ3) is 11.4. The number of unbranched alkanes of at least 4 members (excludes halogenated alkanes) is 6. The Morgan fingerprint density at radius 1 is 0.923 bits per heavy atom. The molecule has 0 bridgehead atoms. The van der Waals surface area contributed by atoms with Gasteiger partial charge in [0.1, 0.15) is 6.29 Å². The minimum atomic E-state index is 0.579. The molecule has 0 unspecified atom stereocenters. The summed E-state index contributed by atoms with van der Waals surface area (Å²) in [4.78, 5) is 9.96. The molecule has 0 aromatic rings. The Bertz CT molecular complexity index is 127. The summed E-state index contributed by atoms with van der Waals surface area (Å²) in [5.74, 6) is 0. The highest BCUT2D eigenvalue weighted by atomic mass is 16.1. The number of aldehydes is 1. The average molecular weight is 182 g/mol. The van der Waals surface area contributed by atoms with Crippen LogP contribution in [-0.4, -0.2) is 6.29 Å². The predicted octanol–water partition coefficient (Wildman–Crippen LogP) is 3.88. The summed E-state index contributed by atoms with van der Waals surface area (Å²) < 4.78 is 0. The van der Waals surface area contributed by atoms with Crippen molar-refractivity contribution in [2.75, 3.05) is 0 Å². The molecule has 0 rings (SSSR count). The van der Waals surface area contributed by atoms with Crippen molar-refractivity contribution in [2.45, 2.75) is 58.3 Å². The highest BCUT2D eigenvalue weighted by Crippen LogP contribution is 2.07. The molecule has 0 amide bonds.